The number of pyridine rings is 1. The fourth-order valence-electron chi connectivity index (χ4n) is 1.53. The van der Waals surface area contributed by atoms with E-state index in [9.17, 15) is 0 Å². The molecule has 0 spiro atoms. The third-order valence-electron chi connectivity index (χ3n) is 2.40. The van der Waals surface area contributed by atoms with Crippen LogP contribution < -0.4 is 10.6 Å². The molecule has 5 heteroatoms. The van der Waals surface area contributed by atoms with Gasteiger partial charge in [0.05, 0.1) is 34.5 Å². The predicted molar refractivity (Wildman–Crippen MR) is 72.8 cm³/mol. The lowest BCUT2D eigenvalue weighted by atomic mass is 10.3. The van der Waals surface area contributed by atoms with Crippen LogP contribution in [0.25, 0.3) is 0 Å². The fourth-order valence-corrected chi connectivity index (χ4v) is 2.18. The van der Waals surface area contributed by atoms with Gasteiger partial charge < -0.3 is 10.6 Å². The summed E-state index contributed by atoms with van der Waals surface area (Å²) in [6.45, 7) is 2.90. The van der Waals surface area contributed by atoms with E-state index in [1.54, 1.807) is 17.5 Å². The molecule has 0 fully saturated rings. The van der Waals surface area contributed by atoms with Crippen molar-refractivity contribution in [1.82, 2.24) is 9.97 Å². The van der Waals surface area contributed by atoms with E-state index in [0.717, 1.165) is 35.0 Å². The molecule has 0 aromatic carbocycles. The lowest BCUT2D eigenvalue weighted by Crippen LogP contribution is -2.05. The molecule has 0 saturated heterocycles. The fraction of sp³-hybridized carbons (Fsp3) is 0.333. The number of aromatic nitrogens is 2. The van der Waals surface area contributed by atoms with Crippen molar-refractivity contribution in [3.63, 3.8) is 0 Å². The van der Waals surface area contributed by atoms with E-state index in [0.29, 0.717) is 0 Å². The number of hydrogen-bond donors (Lipinski definition) is 2. The van der Waals surface area contributed by atoms with Crippen molar-refractivity contribution in [2.45, 2.75) is 13.3 Å². The molecule has 0 unspecified atom stereocenters. The molecule has 4 nitrogen and oxygen atoms in total. The highest BCUT2D eigenvalue weighted by Gasteiger charge is 1.99. The third kappa shape index (κ3) is 3.42. The summed E-state index contributed by atoms with van der Waals surface area (Å²) in [5.74, 6) is 0. The molecule has 2 rings (SSSR count). The normalized spacial score (nSPS) is 10.2. The van der Waals surface area contributed by atoms with Crippen LogP contribution >= 0.6 is 11.3 Å². The first kappa shape index (κ1) is 11.9. The van der Waals surface area contributed by atoms with Gasteiger partial charge in [0.25, 0.3) is 0 Å². The summed E-state index contributed by atoms with van der Waals surface area (Å²) in [5, 5.41) is 9.64. The van der Waals surface area contributed by atoms with Crippen molar-refractivity contribution < 1.29 is 0 Å². The van der Waals surface area contributed by atoms with Gasteiger partial charge >= 0.3 is 0 Å². The summed E-state index contributed by atoms with van der Waals surface area (Å²) in [7, 11) is 1.89. The molecule has 2 heterocycles. The van der Waals surface area contributed by atoms with Crippen LogP contribution in [0.5, 0.6) is 0 Å². The van der Waals surface area contributed by atoms with Crippen LogP contribution in [0.3, 0.4) is 0 Å². The van der Waals surface area contributed by atoms with Crippen molar-refractivity contribution in [3.05, 3.63) is 34.5 Å². The molecule has 0 atom stereocenters. The van der Waals surface area contributed by atoms with Crippen LogP contribution in [-0.4, -0.2) is 23.6 Å². The second kappa shape index (κ2) is 5.63. The number of rotatable bonds is 5. The quantitative estimate of drug-likeness (QED) is 0.853. The molecule has 0 aliphatic carbocycles. The summed E-state index contributed by atoms with van der Waals surface area (Å²) in [6.07, 6.45) is 4.57. The van der Waals surface area contributed by atoms with Crippen LogP contribution in [0.15, 0.2) is 23.8 Å². The number of thiazole rings is 1. The molecular weight excluding hydrogens is 232 g/mol. The average molecular weight is 248 g/mol. The summed E-state index contributed by atoms with van der Waals surface area (Å²) in [6, 6.07) is 2.04. The van der Waals surface area contributed by atoms with Crippen molar-refractivity contribution in [3.8, 4) is 0 Å². The van der Waals surface area contributed by atoms with Crippen molar-refractivity contribution >= 4 is 22.7 Å². The van der Waals surface area contributed by atoms with Crippen LogP contribution in [0.2, 0.25) is 0 Å². The lowest BCUT2D eigenvalue weighted by Gasteiger charge is -2.06. The van der Waals surface area contributed by atoms with E-state index < -0.39 is 0 Å². The zero-order valence-electron chi connectivity index (χ0n) is 10.0. The van der Waals surface area contributed by atoms with Crippen LogP contribution in [-0.2, 0) is 6.42 Å². The van der Waals surface area contributed by atoms with Crippen LogP contribution in [0.4, 0.5) is 11.4 Å². The number of nitrogens with zero attached hydrogens (tertiary/aromatic N) is 2. The van der Waals surface area contributed by atoms with E-state index in [1.165, 1.54) is 0 Å². The first-order valence-corrected chi connectivity index (χ1v) is 6.43. The number of hydrogen-bond acceptors (Lipinski definition) is 5. The van der Waals surface area contributed by atoms with Gasteiger partial charge in [-0.1, -0.05) is 0 Å². The Balaban J connectivity index is 1.85. The smallest absolute Gasteiger partial charge is 0.0897 e. The van der Waals surface area contributed by atoms with Gasteiger partial charge in [-0.3, -0.25) is 4.98 Å². The lowest BCUT2D eigenvalue weighted by molar-refractivity contribution is 0.967. The molecule has 2 N–H and O–H groups in total. The summed E-state index contributed by atoms with van der Waals surface area (Å²) in [5.41, 5.74) is 3.20. The Kier molecular flexibility index (Phi) is 3.93. The van der Waals surface area contributed by atoms with Crippen LogP contribution in [0, 0.1) is 6.92 Å². The molecule has 0 aliphatic rings. The molecule has 0 amide bonds. The van der Waals surface area contributed by atoms with E-state index in [2.05, 4.69) is 26.0 Å². The highest BCUT2D eigenvalue weighted by atomic mass is 32.1. The van der Waals surface area contributed by atoms with Gasteiger partial charge in [0.2, 0.25) is 0 Å². The second-order valence-electron chi connectivity index (χ2n) is 3.75. The summed E-state index contributed by atoms with van der Waals surface area (Å²) in [4.78, 5) is 8.57. The molecule has 0 aliphatic heterocycles. The maximum Gasteiger partial charge on any atom is 0.0897 e. The molecule has 2 aromatic rings. The Morgan fingerprint density at radius 1 is 1.29 bits per heavy atom. The van der Waals surface area contributed by atoms with Gasteiger partial charge in [0.15, 0.2) is 0 Å². The largest absolute Gasteiger partial charge is 0.387 e. The topological polar surface area (TPSA) is 49.8 Å². The number of anilines is 2. The van der Waals surface area contributed by atoms with Crippen molar-refractivity contribution in [1.29, 1.82) is 0 Å². The van der Waals surface area contributed by atoms with Gasteiger partial charge in [-0.2, -0.15) is 0 Å². The Hall–Kier alpha value is -1.62. The minimum Gasteiger partial charge on any atom is -0.387 e. The molecule has 0 saturated carbocycles. The summed E-state index contributed by atoms with van der Waals surface area (Å²) >= 11 is 1.70. The average Bonchev–Trinajstić information content (AvgIpc) is 2.75. The maximum absolute atomic E-state index is 4.43. The zero-order valence-corrected chi connectivity index (χ0v) is 10.8. The van der Waals surface area contributed by atoms with Gasteiger partial charge in [0, 0.05) is 25.4 Å². The Bertz CT molecular complexity index is 481. The predicted octanol–water partition coefficient (Wildman–Crippen LogP) is 2.54. The van der Waals surface area contributed by atoms with Gasteiger partial charge in [-0.15, -0.1) is 11.3 Å². The molecule has 17 heavy (non-hydrogen) atoms. The first-order valence-electron chi connectivity index (χ1n) is 5.55. The minimum atomic E-state index is 0.873. The molecule has 90 valence electrons. The van der Waals surface area contributed by atoms with Crippen LogP contribution in [0.1, 0.15) is 10.7 Å². The van der Waals surface area contributed by atoms with Crippen molar-refractivity contribution in [2.24, 2.45) is 0 Å². The third-order valence-corrected chi connectivity index (χ3v) is 3.23. The molecule has 2 aromatic heterocycles. The van der Waals surface area contributed by atoms with E-state index in [1.807, 2.05) is 26.2 Å². The number of nitrogens with one attached hydrogen (secondary N) is 2. The van der Waals surface area contributed by atoms with Crippen molar-refractivity contribution in [2.75, 3.05) is 24.2 Å². The zero-order chi connectivity index (χ0) is 12.1. The summed E-state index contributed by atoms with van der Waals surface area (Å²) < 4.78 is 0. The van der Waals surface area contributed by atoms with E-state index in [4.69, 9.17) is 0 Å². The highest BCUT2D eigenvalue weighted by molar-refractivity contribution is 7.09. The maximum atomic E-state index is 4.43. The molecular formula is C12H16N4S. The first-order chi connectivity index (χ1) is 8.28. The highest BCUT2D eigenvalue weighted by Crippen LogP contribution is 2.13. The molecule has 0 bridgehead atoms. The SMILES string of the molecule is CNc1cncc(NCCc2csc(C)n2)c1. The van der Waals surface area contributed by atoms with E-state index in [-0.39, 0.29) is 0 Å². The van der Waals surface area contributed by atoms with Gasteiger partial charge in [-0.25, -0.2) is 4.98 Å². The Labute approximate surface area is 105 Å². The Morgan fingerprint density at radius 3 is 2.82 bits per heavy atom. The minimum absolute atomic E-state index is 0.873. The van der Waals surface area contributed by atoms with Gasteiger partial charge in [-0.05, 0) is 13.0 Å². The number of aryl methyl sites for hydroxylation is 1. The monoisotopic (exact) mass is 248 g/mol. The molecule has 0 radical (unpaired) electrons. The second-order valence-corrected chi connectivity index (χ2v) is 4.81. The standard InChI is InChI=1S/C12H16N4S/c1-9-16-10(8-17-9)3-4-15-12-5-11(13-2)6-14-7-12/h5-8,13,15H,3-4H2,1-2H3. The Morgan fingerprint density at radius 2 is 2.12 bits per heavy atom. The van der Waals surface area contributed by atoms with E-state index >= 15 is 0 Å². The van der Waals surface area contributed by atoms with Gasteiger partial charge in [0.1, 0.15) is 0 Å².